The minimum absolute atomic E-state index is 0.00155. The van der Waals surface area contributed by atoms with E-state index in [2.05, 4.69) is 10.6 Å². The number of morpholine rings is 1. The van der Waals surface area contributed by atoms with Crippen LogP contribution in [0, 0.1) is 0 Å². The molecule has 0 bridgehead atoms. The Kier molecular flexibility index (Phi) is 3.94. The Morgan fingerprint density at radius 3 is 3.00 bits per heavy atom. The van der Waals surface area contributed by atoms with Crippen LogP contribution < -0.4 is 10.6 Å². The molecule has 2 rings (SSSR count). The highest BCUT2D eigenvalue weighted by Crippen LogP contribution is 2.11. The van der Waals surface area contributed by atoms with Crippen LogP contribution in [0.25, 0.3) is 0 Å². The average molecular weight is 214 g/mol. The van der Waals surface area contributed by atoms with Crippen molar-refractivity contribution in [3.05, 3.63) is 0 Å². The Morgan fingerprint density at radius 1 is 1.40 bits per heavy atom. The predicted molar refractivity (Wildman–Crippen MR) is 54.6 cm³/mol. The summed E-state index contributed by atoms with van der Waals surface area (Å²) in [6.45, 7) is 3.72. The van der Waals surface area contributed by atoms with Gasteiger partial charge in [-0.1, -0.05) is 0 Å². The average Bonchev–Trinajstić information content (AvgIpc) is 2.81. The van der Waals surface area contributed by atoms with Crippen LogP contribution in [0.2, 0.25) is 0 Å². The zero-order valence-corrected chi connectivity index (χ0v) is 8.83. The molecule has 5 nitrogen and oxygen atoms in total. The monoisotopic (exact) mass is 214 g/mol. The van der Waals surface area contributed by atoms with E-state index in [1.54, 1.807) is 0 Å². The summed E-state index contributed by atoms with van der Waals surface area (Å²) in [6.07, 6.45) is 1.69. The Hall–Kier alpha value is -0.650. The minimum Gasteiger partial charge on any atom is -0.374 e. The molecule has 2 unspecified atom stereocenters. The number of hydrogen-bond acceptors (Lipinski definition) is 4. The lowest BCUT2D eigenvalue weighted by Crippen LogP contribution is -2.47. The van der Waals surface area contributed by atoms with Gasteiger partial charge in [-0.3, -0.25) is 4.79 Å². The lowest BCUT2D eigenvalue weighted by molar-refractivity contribution is -0.130. The molecular weight excluding hydrogens is 196 g/mol. The van der Waals surface area contributed by atoms with Gasteiger partial charge >= 0.3 is 0 Å². The van der Waals surface area contributed by atoms with Crippen molar-refractivity contribution in [1.82, 2.24) is 10.6 Å². The van der Waals surface area contributed by atoms with Crippen LogP contribution in [0.5, 0.6) is 0 Å². The van der Waals surface area contributed by atoms with Gasteiger partial charge in [0.2, 0.25) is 5.91 Å². The first kappa shape index (κ1) is 10.9. The van der Waals surface area contributed by atoms with Crippen LogP contribution in [0.3, 0.4) is 0 Å². The molecule has 5 heteroatoms. The first-order valence-electron chi connectivity index (χ1n) is 5.58. The molecule has 2 N–H and O–H groups in total. The SMILES string of the molecule is O=C(NCC1CNCCO1)C1CCCO1. The van der Waals surface area contributed by atoms with Gasteiger partial charge in [0.1, 0.15) is 6.10 Å². The number of rotatable bonds is 3. The molecule has 0 spiro atoms. The van der Waals surface area contributed by atoms with E-state index in [4.69, 9.17) is 9.47 Å². The van der Waals surface area contributed by atoms with Crippen LogP contribution >= 0.6 is 0 Å². The second-order valence-electron chi connectivity index (χ2n) is 3.94. The lowest BCUT2D eigenvalue weighted by atomic mass is 10.2. The molecule has 0 saturated carbocycles. The number of nitrogens with one attached hydrogen (secondary N) is 2. The van der Waals surface area contributed by atoms with E-state index in [9.17, 15) is 4.79 Å². The molecule has 1 amide bonds. The van der Waals surface area contributed by atoms with Crippen LogP contribution in [0.1, 0.15) is 12.8 Å². The van der Waals surface area contributed by atoms with Crippen molar-refractivity contribution in [2.45, 2.75) is 25.0 Å². The summed E-state index contributed by atoms with van der Waals surface area (Å²) in [6, 6.07) is 0. The van der Waals surface area contributed by atoms with Crippen LogP contribution in [-0.2, 0) is 14.3 Å². The van der Waals surface area contributed by atoms with Gasteiger partial charge in [-0.25, -0.2) is 0 Å². The summed E-state index contributed by atoms with van der Waals surface area (Å²) in [5, 5.41) is 6.09. The Labute approximate surface area is 89.5 Å². The maximum atomic E-state index is 11.6. The molecule has 0 aromatic rings. The molecule has 15 heavy (non-hydrogen) atoms. The molecular formula is C10H18N2O3. The normalized spacial score (nSPS) is 31.5. The number of amides is 1. The van der Waals surface area contributed by atoms with Crippen LogP contribution in [-0.4, -0.2) is 51.0 Å². The first-order chi connectivity index (χ1) is 7.36. The largest absolute Gasteiger partial charge is 0.374 e. The van der Waals surface area contributed by atoms with Crippen LogP contribution in [0.15, 0.2) is 0 Å². The minimum atomic E-state index is -0.235. The first-order valence-corrected chi connectivity index (χ1v) is 5.58. The van der Waals surface area contributed by atoms with Gasteiger partial charge in [0.25, 0.3) is 0 Å². The highest BCUT2D eigenvalue weighted by molar-refractivity contribution is 5.80. The number of carbonyl (C=O) groups excluding carboxylic acids is 1. The third-order valence-corrected chi connectivity index (χ3v) is 2.73. The Balaban J connectivity index is 1.65. The molecule has 2 fully saturated rings. The van der Waals surface area contributed by atoms with Gasteiger partial charge in [0.05, 0.1) is 12.7 Å². The van der Waals surface area contributed by atoms with E-state index >= 15 is 0 Å². The fraction of sp³-hybridized carbons (Fsp3) is 0.900. The molecule has 86 valence electrons. The summed E-state index contributed by atoms with van der Waals surface area (Å²) in [7, 11) is 0. The predicted octanol–water partition coefficient (Wildman–Crippen LogP) is -0.730. The van der Waals surface area contributed by atoms with Crippen molar-refractivity contribution in [2.24, 2.45) is 0 Å². The van der Waals surface area contributed by atoms with Gasteiger partial charge in [-0.2, -0.15) is 0 Å². The van der Waals surface area contributed by atoms with E-state index in [1.807, 2.05) is 0 Å². The highest BCUT2D eigenvalue weighted by atomic mass is 16.5. The van der Waals surface area contributed by atoms with E-state index in [-0.39, 0.29) is 18.1 Å². The number of hydrogen-bond donors (Lipinski definition) is 2. The molecule has 0 radical (unpaired) electrons. The van der Waals surface area contributed by atoms with Gasteiger partial charge in [0.15, 0.2) is 0 Å². The topological polar surface area (TPSA) is 59.6 Å². The van der Waals surface area contributed by atoms with E-state index in [1.165, 1.54) is 0 Å². The molecule has 2 aliphatic heterocycles. The second-order valence-corrected chi connectivity index (χ2v) is 3.94. The van der Waals surface area contributed by atoms with Gasteiger partial charge in [-0.05, 0) is 12.8 Å². The molecule has 2 saturated heterocycles. The van der Waals surface area contributed by atoms with Crippen molar-refractivity contribution in [3.63, 3.8) is 0 Å². The van der Waals surface area contributed by atoms with Crippen molar-refractivity contribution in [2.75, 3.05) is 32.8 Å². The van der Waals surface area contributed by atoms with E-state index < -0.39 is 0 Å². The van der Waals surface area contributed by atoms with Crippen molar-refractivity contribution in [1.29, 1.82) is 0 Å². The summed E-state index contributed by atoms with van der Waals surface area (Å²) >= 11 is 0. The molecule has 2 atom stereocenters. The van der Waals surface area contributed by atoms with Crippen molar-refractivity contribution in [3.8, 4) is 0 Å². The molecule has 2 aliphatic rings. The molecule has 0 aromatic heterocycles. The smallest absolute Gasteiger partial charge is 0.249 e. The highest BCUT2D eigenvalue weighted by Gasteiger charge is 2.24. The van der Waals surface area contributed by atoms with Crippen LogP contribution in [0.4, 0.5) is 0 Å². The zero-order valence-electron chi connectivity index (χ0n) is 8.83. The lowest BCUT2D eigenvalue weighted by Gasteiger charge is -2.24. The zero-order chi connectivity index (χ0) is 10.5. The third kappa shape index (κ3) is 3.15. The van der Waals surface area contributed by atoms with Crippen molar-refractivity contribution >= 4 is 5.91 Å². The fourth-order valence-electron chi connectivity index (χ4n) is 1.86. The third-order valence-electron chi connectivity index (χ3n) is 2.73. The number of ether oxygens (including phenoxy) is 2. The summed E-state index contributed by atoms with van der Waals surface area (Å²) in [5.41, 5.74) is 0. The van der Waals surface area contributed by atoms with E-state index in [0.29, 0.717) is 13.2 Å². The standard InChI is InChI=1S/C10H18N2O3/c13-10(9-2-1-4-15-9)12-7-8-6-11-3-5-14-8/h8-9,11H,1-7H2,(H,12,13). The molecule has 2 heterocycles. The quantitative estimate of drug-likeness (QED) is 0.650. The summed E-state index contributed by atoms with van der Waals surface area (Å²) < 4.78 is 10.8. The molecule has 0 aliphatic carbocycles. The maximum Gasteiger partial charge on any atom is 0.249 e. The summed E-state index contributed by atoms with van der Waals surface area (Å²) in [4.78, 5) is 11.6. The van der Waals surface area contributed by atoms with Crippen molar-refractivity contribution < 1.29 is 14.3 Å². The van der Waals surface area contributed by atoms with Gasteiger partial charge in [0, 0.05) is 26.2 Å². The second kappa shape index (κ2) is 5.44. The Morgan fingerprint density at radius 2 is 2.33 bits per heavy atom. The number of carbonyl (C=O) groups is 1. The Bertz CT molecular complexity index is 211. The van der Waals surface area contributed by atoms with Gasteiger partial charge in [-0.15, -0.1) is 0 Å². The van der Waals surface area contributed by atoms with Gasteiger partial charge < -0.3 is 20.1 Å². The summed E-state index contributed by atoms with van der Waals surface area (Å²) in [5.74, 6) is 0.00155. The fourth-order valence-corrected chi connectivity index (χ4v) is 1.86. The maximum absolute atomic E-state index is 11.6. The van der Waals surface area contributed by atoms with E-state index in [0.717, 1.165) is 32.5 Å². The molecule has 0 aromatic carbocycles.